The average molecular weight is 380 g/mol. The van der Waals surface area contributed by atoms with Crippen LogP contribution in [0.1, 0.15) is 24.6 Å². The van der Waals surface area contributed by atoms with Crippen LogP contribution in [0.15, 0.2) is 47.4 Å². The second kappa shape index (κ2) is 7.32. The first-order chi connectivity index (χ1) is 13.1. The van der Waals surface area contributed by atoms with Crippen LogP contribution in [0, 0.1) is 0 Å². The standard InChI is InChI=1S/C19H20N6OS/c1-3-7-15-10-16(26)25-19(21-15)27-18(23-25)20-11-14-12-24(2)22-17(14)13-8-5-4-6-9-13/h4-6,8-10,12H,3,7,11H2,1-2H3,(H,20,23). The Labute approximate surface area is 160 Å². The van der Waals surface area contributed by atoms with E-state index in [1.54, 1.807) is 10.7 Å². The summed E-state index contributed by atoms with van der Waals surface area (Å²) in [5.41, 5.74) is 3.75. The Bertz CT molecular complexity index is 1130. The second-order valence-electron chi connectivity index (χ2n) is 6.33. The Hall–Kier alpha value is -3.00. The molecule has 4 rings (SSSR count). The fourth-order valence-corrected chi connectivity index (χ4v) is 3.81. The maximum absolute atomic E-state index is 12.2. The minimum atomic E-state index is -0.140. The van der Waals surface area contributed by atoms with Crippen molar-refractivity contribution in [2.45, 2.75) is 26.3 Å². The van der Waals surface area contributed by atoms with Gasteiger partial charge < -0.3 is 5.32 Å². The first-order valence-electron chi connectivity index (χ1n) is 8.85. The molecule has 0 aliphatic carbocycles. The molecule has 0 atom stereocenters. The number of nitrogens with zero attached hydrogens (tertiary/aromatic N) is 5. The van der Waals surface area contributed by atoms with Gasteiger partial charge in [0.05, 0.1) is 5.69 Å². The summed E-state index contributed by atoms with van der Waals surface area (Å²) >= 11 is 1.38. The van der Waals surface area contributed by atoms with Gasteiger partial charge in [0.1, 0.15) is 0 Å². The molecule has 1 N–H and O–H groups in total. The highest BCUT2D eigenvalue weighted by molar-refractivity contribution is 7.20. The molecule has 0 amide bonds. The zero-order valence-electron chi connectivity index (χ0n) is 15.2. The van der Waals surface area contributed by atoms with Crippen molar-refractivity contribution in [3.8, 4) is 11.3 Å². The minimum absolute atomic E-state index is 0.140. The largest absolute Gasteiger partial charge is 0.356 e. The van der Waals surface area contributed by atoms with Crippen LogP contribution in [0.25, 0.3) is 16.2 Å². The third-order valence-electron chi connectivity index (χ3n) is 4.19. The third-order valence-corrected chi connectivity index (χ3v) is 5.05. The highest BCUT2D eigenvalue weighted by atomic mass is 32.1. The number of benzene rings is 1. The third kappa shape index (κ3) is 3.61. The predicted octanol–water partition coefficient (Wildman–Crippen LogP) is 3.12. The highest BCUT2D eigenvalue weighted by Crippen LogP contribution is 2.23. The van der Waals surface area contributed by atoms with E-state index in [4.69, 9.17) is 0 Å². The summed E-state index contributed by atoms with van der Waals surface area (Å²) in [6.45, 7) is 2.63. The SMILES string of the molecule is CCCc1cc(=O)n2nc(NCc3cn(C)nc3-c3ccccc3)sc2n1. The molecule has 0 aliphatic heterocycles. The number of fused-ring (bicyclic) bond motifs is 1. The Kier molecular flexibility index (Phi) is 4.72. The summed E-state index contributed by atoms with van der Waals surface area (Å²) in [7, 11) is 1.91. The van der Waals surface area contributed by atoms with Gasteiger partial charge in [0, 0.05) is 42.7 Å². The lowest BCUT2D eigenvalue weighted by Gasteiger charge is -2.03. The van der Waals surface area contributed by atoms with Gasteiger partial charge in [0.2, 0.25) is 10.1 Å². The fourth-order valence-electron chi connectivity index (χ4n) is 2.99. The van der Waals surface area contributed by atoms with Gasteiger partial charge in [-0.05, 0) is 6.42 Å². The number of nitrogens with one attached hydrogen (secondary N) is 1. The molecule has 0 radical (unpaired) electrons. The Morgan fingerprint density at radius 2 is 2.00 bits per heavy atom. The van der Waals surface area contributed by atoms with Crippen molar-refractivity contribution in [2.24, 2.45) is 7.05 Å². The smallest absolute Gasteiger partial charge is 0.275 e. The molecule has 0 aliphatic rings. The van der Waals surface area contributed by atoms with E-state index in [2.05, 4.69) is 27.4 Å². The number of hydrogen-bond donors (Lipinski definition) is 1. The molecule has 0 bridgehead atoms. The van der Waals surface area contributed by atoms with Crippen molar-refractivity contribution >= 4 is 21.4 Å². The van der Waals surface area contributed by atoms with Crippen LogP contribution in [0.5, 0.6) is 0 Å². The molecule has 27 heavy (non-hydrogen) atoms. The van der Waals surface area contributed by atoms with Crippen LogP contribution in [-0.2, 0) is 20.0 Å². The number of hydrogen-bond acceptors (Lipinski definition) is 6. The van der Waals surface area contributed by atoms with E-state index in [0.717, 1.165) is 35.4 Å². The lowest BCUT2D eigenvalue weighted by atomic mass is 10.1. The Morgan fingerprint density at radius 1 is 1.19 bits per heavy atom. The molecule has 1 aromatic carbocycles. The monoisotopic (exact) mass is 380 g/mol. The van der Waals surface area contributed by atoms with Gasteiger partial charge in [-0.25, -0.2) is 4.98 Å². The fraction of sp³-hybridized carbons (Fsp3) is 0.263. The molecule has 4 aromatic rings. The lowest BCUT2D eigenvalue weighted by molar-refractivity contribution is 0.770. The predicted molar refractivity (Wildman–Crippen MR) is 107 cm³/mol. The molecule has 7 nitrogen and oxygen atoms in total. The quantitative estimate of drug-likeness (QED) is 0.556. The maximum atomic E-state index is 12.2. The molecule has 0 unspecified atom stereocenters. The van der Waals surface area contributed by atoms with Crippen LogP contribution in [0.2, 0.25) is 0 Å². The molecule has 3 aromatic heterocycles. The summed E-state index contributed by atoms with van der Waals surface area (Å²) in [6.07, 6.45) is 3.74. The Morgan fingerprint density at radius 3 is 2.78 bits per heavy atom. The molecule has 0 saturated carbocycles. The number of anilines is 1. The van der Waals surface area contributed by atoms with E-state index >= 15 is 0 Å². The summed E-state index contributed by atoms with van der Waals surface area (Å²) in [4.78, 5) is 17.4. The summed E-state index contributed by atoms with van der Waals surface area (Å²) in [5, 5.41) is 12.9. The first kappa shape index (κ1) is 17.4. The summed E-state index contributed by atoms with van der Waals surface area (Å²) < 4.78 is 3.16. The van der Waals surface area contributed by atoms with Gasteiger partial charge in [-0.3, -0.25) is 9.48 Å². The van der Waals surface area contributed by atoms with Crippen LogP contribution in [0.4, 0.5) is 5.13 Å². The molecule has 3 heterocycles. The second-order valence-corrected chi connectivity index (χ2v) is 7.29. The van der Waals surface area contributed by atoms with Gasteiger partial charge in [-0.1, -0.05) is 55.0 Å². The van der Waals surface area contributed by atoms with Gasteiger partial charge in [0.25, 0.3) is 5.56 Å². The van der Waals surface area contributed by atoms with Crippen molar-refractivity contribution in [1.29, 1.82) is 0 Å². The molecule has 8 heteroatoms. The molecular formula is C19H20N6OS. The van der Waals surface area contributed by atoms with Crippen molar-refractivity contribution in [3.63, 3.8) is 0 Å². The van der Waals surface area contributed by atoms with Crippen LogP contribution in [0.3, 0.4) is 0 Å². The zero-order valence-corrected chi connectivity index (χ0v) is 16.0. The van der Waals surface area contributed by atoms with E-state index in [0.29, 0.717) is 16.6 Å². The van der Waals surface area contributed by atoms with Crippen molar-refractivity contribution in [3.05, 3.63) is 64.2 Å². The van der Waals surface area contributed by atoms with E-state index in [-0.39, 0.29) is 5.56 Å². The summed E-state index contributed by atoms with van der Waals surface area (Å²) in [6, 6.07) is 11.6. The highest BCUT2D eigenvalue weighted by Gasteiger charge is 2.12. The van der Waals surface area contributed by atoms with Crippen LogP contribution in [-0.4, -0.2) is 24.4 Å². The zero-order chi connectivity index (χ0) is 18.8. The number of rotatable bonds is 6. The first-order valence-corrected chi connectivity index (χ1v) is 9.67. The van der Waals surface area contributed by atoms with Crippen molar-refractivity contribution in [2.75, 3.05) is 5.32 Å². The van der Waals surface area contributed by atoms with E-state index in [1.165, 1.54) is 15.9 Å². The minimum Gasteiger partial charge on any atom is -0.356 e. The average Bonchev–Trinajstić information content (AvgIpc) is 3.24. The van der Waals surface area contributed by atoms with Crippen molar-refractivity contribution in [1.82, 2.24) is 24.4 Å². The molecule has 0 saturated heterocycles. The van der Waals surface area contributed by atoms with Crippen LogP contribution < -0.4 is 10.9 Å². The molecule has 0 spiro atoms. The van der Waals surface area contributed by atoms with E-state index in [9.17, 15) is 4.79 Å². The maximum Gasteiger partial charge on any atom is 0.275 e. The van der Waals surface area contributed by atoms with E-state index in [1.807, 2.05) is 43.6 Å². The van der Waals surface area contributed by atoms with Gasteiger partial charge in [-0.2, -0.15) is 9.61 Å². The topological polar surface area (TPSA) is 77.1 Å². The van der Waals surface area contributed by atoms with Gasteiger partial charge in [0.15, 0.2) is 0 Å². The molecular weight excluding hydrogens is 360 g/mol. The van der Waals surface area contributed by atoms with Crippen molar-refractivity contribution < 1.29 is 0 Å². The number of aryl methyl sites for hydroxylation is 2. The molecule has 0 fully saturated rings. The Balaban J connectivity index is 1.59. The van der Waals surface area contributed by atoms with E-state index < -0.39 is 0 Å². The number of aromatic nitrogens is 5. The normalized spacial score (nSPS) is 11.2. The van der Waals surface area contributed by atoms with Gasteiger partial charge in [-0.15, -0.1) is 5.10 Å². The molecule has 138 valence electrons. The summed E-state index contributed by atoms with van der Waals surface area (Å²) in [5.74, 6) is 0. The van der Waals surface area contributed by atoms with Crippen LogP contribution >= 0.6 is 11.3 Å². The van der Waals surface area contributed by atoms with Gasteiger partial charge >= 0.3 is 0 Å². The lowest BCUT2D eigenvalue weighted by Crippen LogP contribution is -2.15.